The smallest absolute Gasteiger partial charge is 0.208 e. The van der Waals surface area contributed by atoms with Gasteiger partial charge in [0.2, 0.25) is 5.96 Å². The molecule has 2 N–H and O–H groups in total. The van der Waals surface area contributed by atoms with Crippen LogP contribution in [0.3, 0.4) is 0 Å². The Bertz CT molecular complexity index is 334. The summed E-state index contributed by atoms with van der Waals surface area (Å²) >= 11 is 0. The van der Waals surface area contributed by atoms with Gasteiger partial charge >= 0.3 is 0 Å². The van der Waals surface area contributed by atoms with Crippen LogP contribution in [0.1, 0.15) is 5.56 Å². The Morgan fingerprint density at radius 1 is 1.40 bits per heavy atom. The van der Waals surface area contributed by atoms with E-state index in [1.807, 2.05) is 23.2 Å². The quantitative estimate of drug-likeness (QED) is 0.756. The molecule has 0 aliphatic carbocycles. The first kappa shape index (κ1) is 9.98. The molecule has 1 aliphatic heterocycles. The summed E-state index contributed by atoms with van der Waals surface area (Å²) in [5, 5.41) is 5.25. The summed E-state index contributed by atoms with van der Waals surface area (Å²) < 4.78 is 0. The topological polar surface area (TPSA) is 39.7 Å². The molecule has 1 aliphatic rings. The van der Waals surface area contributed by atoms with Gasteiger partial charge in [0.25, 0.3) is 0 Å². The average molecular weight is 204 g/mol. The highest BCUT2D eigenvalue weighted by molar-refractivity contribution is 5.81. The summed E-state index contributed by atoms with van der Waals surface area (Å²) in [5.41, 5.74) is 4.62. The van der Waals surface area contributed by atoms with E-state index < -0.39 is 0 Å². The summed E-state index contributed by atoms with van der Waals surface area (Å²) in [4.78, 5) is 4.15. The van der Waals surface area contributed by atoms with Gasteiger partial charge in [-0.25, -0.2) is 5.43 Å². The molecule has 0 aromatic heterocycles. The Hall–Kier alpha value is -1.55. The van der Waals surface area contributed by atoms with Crippen molar-refractivity contribution in [1.29, 1.82) is 0 Å². The van der Waals surface area contributed by atoms with Crippen LogP contribution in [0.2, 0.25) is 0 Å². The van der Waals surface area contributed by atoms with Crippen molar-refractivity contribution in [2.45, 2.75) is 6.54 Å². The molecule has 4 nitrogen and oxygen atoms in total. The fourth-order valence-electron chi connectivity index (χ4n) is 1.62. The van der Waals surface area contributed by atoms with E-state index in [4.69, 9.17) is 0 Å². The number of guanidine groups is 1. The van der Waals surface area contributed by atoms with Crippen LogP contribution in [0.25, 0.3) is 0 Å². The highest BCUT2D eigenvalue weighted by Crippen LogP contribution is 1.99. The highest BCUT2D eigenvalue weighted by Gasteiger charge is 2.15. The molecule has 0 bridgehead atoms. The lowest BCUT2D eigenvalue weighted by Crippen LogP contribution is -2.41. The third-order valence-corrected chi connectivity index (χ3v) is 2.40. The van der Waals surface area contributed by atoms with Gasteiger partial charge in [0.15, 0.2) is 0 Å². The van der Waals surface area contributed by atoms with E-state index in [1.54, 1.807) is 7.05 Å². The number of benzene rings is 1. The van der Waals surface area contributed by atoms with Gasteiger partial charge in [0.1, 0.15) is 0 Å². The fraction of sp³-hybridized carbons (Fsp3) is 0.364. The maximum atomic E-state index is 4.15. The van der Waals surface area contributed by atoms with E-state index in [0.29, 0.717) is 0 Å². The van der Waals surface area contributed by atoms with Crippen molar-refractivity contribution in [3.05, 3.63) is 35.9 Å². The first-order chi connectivity index (χ1) is 7.40. The third-order valence-electron chi connectivity index (χ3n) is 2.40. The van der Waals surface area contributed by atoms with Crippen molar-refractivity contribution in [2.24, 2.45) is 4.99 Å². The SMILES string of the molecule is CN=C1NCCN1NCc1ccccc1. The van der Waals surface area contributed by atoms with Crippen molar-refractivity contribution in [3.63, 3.8) is 0 Å². The Morgan fingerprint density at radius 3 is 2.93 bits per heavy atom. The van der Waals surface area contributed by atoms with Crippen LogP contribution in [0.4, 0.5) is 0 Å². The van der Waals surface area contributed by atoms with Crippen molar-refractivity contribution < 1.29 is 0 Å². The number of nitrogens with one attached hydrogen (secondary N) is 2. The summed E-state index contributed by atoms with van der Waals surface area (Å²) in [5.74, 6) is 0.922. The molecule has 1 saturated heterocycles. The predicted molar refractivity (Wildman–Crippen MR) is 61.3 cm³/mol. The number of nitrogens with zero attached hydrogens (tertiary/aromatic N) is 2. The second-order valence-electron chi connectivity index (χ2n) is 3.45. The second kappa shape index (κ2) is 4.79. The van der Waals surface area contributed by atoms with Crippen LogP contribution in [0.15, 0.2) is 35.3 Å². The van der Waals surface area contributed by atoms with Crippen molar-refractivity contribution in [1.82, 2.24) is 15.8 Å². The van der Waals surface area contributed by atoms with Gasteiger partial charge in [0.05, 0.1) is 6.54 Å². The minimum Gasteiger partial charge on any atom is -0.353 e. The van der Waals surface area contributed by atoms with Crippen LogP contribution in [-0.2, 0) is 6.54 Å². The lowest BCUT2D eigenvalue weighted by atomic mass is 10.2. The first-order valence-corrected chi connectivity index (χ1v) is 5.16. The minimum absolute atomic E-state index is 0.835. The maximum absolute atomic E-state index is 4.15. The monoisotopic (exact) mass is 204 g/mol. The van der Waals surface area contributed by atoms with Crippen molar-refractivity contribution in [3.8, 4) is 0 Å². The molecule has 1 aromatic rings. The van der Waals surface area contributed by atoms with Gasteiger partial charge < -0.3 is 5.32 Å². The van der Waals surface area contributed by atoms with Gasteiger partial charge in [-0.1, -0.05) is 30.3 Å². The Morgan fingerprint density at radius 2 is 2.20 bits per heavy atom. The molecule has 0 saturated carbocycles. The summed E-state index contributed by atoms with van der Waals surface area (Å²) in [6, 6.07) is 10.3. The Labute approximate surface area is 90.0 Å². The molecule has 0 unspecified atom stereocenters. The van der Waals surface area contributed by atoms with E-state index in [-0.39, 0.29) is 0 Å². The third kappa shape index (κ3) is 2.47. The predicted octanol–water partition coefficient (Wildman–Crippen LogP) is 0.582. The van der Waals surface area contributed by atoms with E-state index >= 15 is 0 Å². The van der Waals surface area contributed by atoms with Gasteiger partial charge in [-0.2, -0.15) is 0 Å². The van der Waals surface area contributed by atoms with Crippen LogP contribution in [0.5, 0.6) is 0 Å². The largest absolute Gasteiger partial charge is 0.353 e. The molecule has 0 spiro atoms. The number of hydrogen-bond donors (Lipinski definition) is 2. The molecular weight excluding hydrogens is 188 g/mol. The standard InChI is InChI=1S/C11H16N4/c1-12-11-13-7-8-15(11)14-9-10-5-3-2-4-6-10/h2-6,14H,7-9H2,1H3,(H,12,13). The van der Waals surface area contributed by atoms with Crippen LogP contribution >= 0.6 is 0 Å². The summed E-state index contributed by atoms with van der Waals surface area (Å²) in [6.07, 6.45) is 0. The first-order valence-electron chi connectivity index (χ1n) is 5.16. The normalized spacial score (nSPS) is 18.2. The summed E-state index contributed by atoms with van der Waals surface area (Å²) in [7, 11) is 1.80. The number of hydrazine groups is 1. The van der Waals surface area contributed by atoms with E-state index in [1.165, 1.54) is 5.56 Å². The molecule has 15 heavy (non-hydrogen) atoms. The molecule has 1 fully saturated rings. The molecule has 0 radical (unpaired) electrons. The van der Waals surface area contributed by atoms with Gasteiger partial charge in [0, 0.05) is 20.1 Å². The second-order valence-corrected chi connectivity index (χ2v) is 3.45. The van der Waals surface area contributed by atoms with Gasteiger partial charge in [-0.3, -0.25) is 10.0 Å². The van der Waals surface area contributed by atoms with Crippen molar-refractivity contribution in [2.75, 3.05) is 20.1 Å². The fourth-order valence-corrected chi connectivity index (χ4v) is 1.62. The molecule has 1 aromatic carbocycles. The van der Waals surface area contributed by atoms with Crippen molar-refractivity contribution >= 4 is 5.96 Å². The number of hydrogen-bond acceptors (Lipinski definition) is 2. The molecule has 0 amide bonds. The number of rotatable bonds is 3. The zero-order valence-corrected chi connectivity index (χ0v) is 8.90. The minimum atomic E-state index is 0.835. The van der Waals surface area contributed by atoms with E-state index in [9.17, 15) is 0 Å². The lowest BCUT2D eigenvalue weighted by molar-refractivity contribution is 0.333. The average Bonchev–Trinajstić information content (AvgIpc) is 2.75. The lowest BCUT2D eigenvalue weighted by Gasteiger charge is -2.18. The molecular formula is C11H16N4. The van der Waals surface area contributed by atoms with E-state index in [2.05, 4.69) is 27.9 Å². The van der Waals surface area contributed by atoms with E-state index in [0.717, 1.165) is 25.6 Å². The molecule has 4 heteroatoms. The molecule has 2 rings (SSSR count). The Balaban J connectivity index is 1.88. The van der Waals surface area contributed by atoms with Gasteiger partial charge in [-0.15, -0.1) is 0 Å². The van der Waals surface area contributed by atoms with Crippen LogP contribution in [0, 0.1) is 0 Å². The summed E-state index contributed by atoms with van der Waals surface area (Å²) in [6.45, 7) is 2.75. The zero-order valence-electron chi connectivity index (χ0n) is 8.90. The zero-order chi connectivity index (χ0) is 10.5. The molecule has 0 atom stereocenters. The highest BCUT2D eigenvalue weighted by atomic mass is 15.6. The van der Waals surface area contributed by atoms with Crippen LogP contribution < -0.4 is 10.7 Å². The van der Waals surface area contributed by atoms with Crippen LogP contribution in [-0.4, -0.2) is 31.1 Å². The molecule has 80 valence electrons. The van der Waals surface area contributed by atoms with Gasteiger partial charge in [-0.05, 0) is 5.56 Å². The maximum Gasteiger partial charge on any atom is 0.208 e. The molecule has 1 heterocycles. The Kier molecular flexibility index (Phi) is 3.19. The number of aliphatic imine (C=N–C) groups is 1.